The van der Waals surface area contributed by atoms with Crippen LogP contribution in [0.25, 0.3) is 0 Å². The normalized spacial score (nSPS) is 11.4. The predicted molar refractivity (Wildman–Crippen MR) is 131 cm³/mol. The van der Waals surface area contributed by atoms with Gasteiger partial charge in [0.2, 0.25) is 0 Å². The summed E-state index contributed by atoms with van der Waals surface area (Å²) in [5.74, 6) is 1.27. The predicted octanol–water partition coefficient (Wildman–Crippen LogP) is 4.38. The molecule has 0 bridgehead atoms. The van der Waals surface area contributed by atoms with Crippen molar-refractivity contribution < 1.29 is 0 Å². The van der Waals surface area contributed by atoms with Gasteiger partial charge in [-0.2, -0.15) is 5.10 Å². The first-order valence-corrected chi connectivity index (χ1v) is 10.5. The van der Waals surface area contributed by atoms with Crippen LogP contribution in [0.15, 0.2) is 53.1 Å². The monoisotopic (exact) mass is 524 g/mol. The SMILES string of the molecule is CCNC(=NCc1cccc(Cn2cccn2)c1)NCc1nc(C(C)C)cs1.I. The molecule has 3 rings (SSSR count). The van der Waals surface area contributed by atoms with Crippen LogP contribution in [0.5, 0.6) is 0 Å². The smallest absolute Gasteiger partial charge is 0.191 e. The third kappa shape index (κ3) is 7.43. The van der Waals surface area contributed by atoms with Crippen molar-refractivity contribution >= 4 is 41.3 Å². The maximum Gasteiger partial charge on any atom is 0.191 e. The molecule has 0 radical (unpaired) electrons. The molecule has 2 N–H and O–H groups in total. The molecule has 0 aliphatic carbocycles. The van der Waals surface area contributed by atoms with Crippen LogP contribution in [-0.4, -0.2) is 27.3 Å². The Labute approximate surface area is 193 Å². The average Bonchev–Trinajstić information content (AvgIpc) is 3.36. The topological polar surface area (TPSA) is 67.1 Å². The second kappa shape index (κ2) is 11.9. The van der Waals surface area contributed by atoms with Crippen molar-refractivity contribution in [2.45, 2.75) is 46.3 Å². The number of thiazole rings is 1. The third-order valence-corrected chi connectivity index (χ3v) is 5.09. The van der Waals surface area contributed by atoms with Crippen molar-refractivity contribution in [3.63, 3.8) is 0 Å². The van der Waals surface area contributed by atoms with Gasteiger partial charge in [0.1, 0.15) is 5.01 Å². The Morgan fingerprint density at radius 2 is 2.03 bits per heavy atom. The molecule has 2 aromatic heterocycles. The zero-order chi connectivity index (χ0) is 19.8. The number of benzene rings is 1. The lowest BCUT2D eigenvalue weighted by Crippen LogP contribution is -2.36. The van der Waals surface area contributed by atoms with E-state index in [2.05, 4.69) is 71.1 Å². The Kier molecular flexibility index (Phi) is 9.59. The van der Waals surface area contributed by atoms with Crippen LogP contribution in [0.4, 0.5) is 0 Å². The second-order valence-corrected chi connectivity index (χ2v) is 7.84. The molecule has 156 valence electrons. The van der Waals surface area contributed by atoms with E-state index in [9.17, 15) is 0 Å². The van der Waals surface area contributed by atoms with Gasteiger partial charge in [0.15, 0.2) is 5.96 Å². The molecule has 0 aliphatic rings. The second-order valence-electron chi connectivity index (χ2n) is 6.89. The van der Waals surface area contributed by atoms with Crippen molar-refractivity contribution in [2.24, 2.45) is 4.99 Å². The molecule has 0 atom stereocenters. The van der Waals surface area contributed by atoms with Crippen molar-refractivity contribution in [3.05, 3.63) is 69.9 Å². The van der Waals surface area contributed by atoms with Gasteiger partial charge in [-0.3, -0.25) is 4.68 Å². The lowest BCUT2D eigenvalue weighted by molar-refractivity contribution is 0.686. The van der Waals surface area contributed by atoms with Gasteiger partial charge in [-0.15, -0.1) is 35.3 Å². The van der Waals surface area contributed by atoms with E-state index in [1.54, 1.807) is 17.5 Å². The van der Waals surface area contributed by atoms with Gasteiger partial charge < -0.3 is 10.6 Å². The molecule has 8 heteroatoms. The van der Waals surface area contributed by atoms with Gasteiger partial charge in [0.05, 0.1) is 25.3 Å². The van der Waals surface area contributed by atoms with Crippen molar-refractivity contribution in [2.75, 3.05) is 6.54 Å². The molecule has 1 aromatic carbocycles. The summed E-state index contributed by atoms with van der Waals surface area (Å²) in [4.78, 5) is 9.40. The zero-order valence-electron chi connectivity index (χ0n) is 17.1. The van der Waals surface area contributed by atoms with Crippen LogP contribution in [0.3, 0.4) is 0 Å². The Morgan fingerprint density at radius 1 is 1.21 bits per heavy atom. The van der Waals surface area contributed by atoms with Gasteiger partial charge in [0.25, 0.3) is 0 Å². The van der Waals surface area contributed by atoms with Crippen LogP contribution in [0, 0.1) is 0 Å². The molecule has 2 heterocycles. The maximum atomic E-state index is 4.73. The summed E-state index contributed by atoms with van der Waals surface area (Å²) >= 11 is 1.69. The molecule has 0 saturated heterocycles. The van der Waals surface area contributed by atoms with Gasteiger partial charge in [-0.1, -0.05) is 38.1 Å². The molecule has 0 spiro atoms. The largest absolute Gasteiger partial charge is 0.357 e. The third-order valence-electron chi connectivity index (χ3n) is 4.23. The van der Waals surface area contributed by atoms with Crippen LogP contribution in [0.1, 0.15) is 48.5 Å². The van der Waals surface area contributed by atoms with E-state index in [4.69, 9.17) is 4.99 Å². The van der Waals surface area contributed by atoms with E-state index in [1.165, 1.54) is 11.1 Å². The fourth-order valence-electron chi connectivity index (χ4n) is 2.75. The van der Waals surface area contributed by atoms with Crippen molar-refractivity contribution in [1.29, 1.82) is 0 Å². The first-order chi connectivity index (χ1) is 13.6. The first kappa shape index (κ1) is 23.3. The fraction of sp³-hybridized carbons (Fsp3) is 0.381. The summed E-state index contributed by atoms with van der Waals surface area (Å²) in [7, 11) is 0. The van der Waals surface area contributed by atoms with Crippen LogP contribution < -0.4 is 10.6 Å². The summed E-state index contributed by atoms with van der Waals surface area (Å²) in [6.07, 6.45) is 3.77. The lowest BCUT2D eigenvalue weighted by Gasteiger charge is -2.10. The highest BCUT2D eigenvalue weighted by Crippen LogP contribution is 2.17. The quantitative estimate of drug-likeness (QED) is 0.261. The summed E-state index contributed by atoms with van der Waals surface area (Å²) < 4.78 is 1.92. The van der Waals surface area contributed by atoms with E-state index in [1.807, 2.05) is 16.9 Å². The Bertz CT molecular complexity index is 888. The van der Waals surface area contributed by atoms with E-state index in [0.717, 1.165) is 29.8 Å². The minimum absolute atomic E-state index is 0. The highest BCUT2D eigenvalue weighted by Gasteiger charge is 2.06. The van der Waals surface area contributed by atoms with Crippen LogP contribution in [-0.2, 0) is 19.6 Å². The number of nitrogens with zero attached hydrogens (tertiary/aromatic N) is 4. The number of hydrogen-bond donors (Lipinski definition) is 2. The van der Waals surface area contributed by atoms with Crippen molar-refractivity contribution in [3.8, 4) is 0 Å². The number of nitrogens with one attached hydrogen (secondary N) is 2. The highest BCUT2D eigenvalue weighted by atomic mass is 127. The lowest BCUT2D eigenvalue weighted by atomic mass is 10.1. The van der Waals surface area contributed by atoms with Crippen LogP contribution in [0.2, 0.25) is 0 Å². The van der Waals surface area contributed by atoms with Crippen molar-refractivity contribution in [1.82, 2.24) is 25.4 Å². The number of rotatable bonds is 8. The Balaban J connectivity index is 0.00000300. The highest BCUT2D eigenvalue weighted by molar-refractivity contribution is 14.0. The molecule has 0 amide bonds. The number of aliphatic imine (C=N–C) groups is 1. The van der Waals surface area contributed by atoms with E-state index >= 15 is 0 Å². The average molecular weight is 524 g/mol. The van der Waals surface area contributed by atoms with Gasteiger partial charge in [-0.25, -0.2) is 9.98 Å². The number of halogens is 1. The molecular formula is C21H29IN6S. The summed E-state index contributed by atoms with van der Waals surface area (Å²) in [6, 6.07) is 10.4. The maximum absolute atomic E-state index is 4.73. The molecule has 0 fully saturated rings. The number of guanidine groups is 1. The van der Waals surface area contributed by atoms with Gasteiger partial charge in [-0.05, 0) is 30.0 Å². The van der Waals surface area contributed by atoms with Crippen LogP contribution >= 0.6 is 35.3 Å². The summed E-state index contributed by atoms with van der Waals surface area (Å²) in [5.41, 5.74) is 3.55. The number of aromatic nitrogens is 3. The minimum atomic E-state index is 0. The number of hydrogen-bond acceptors (Lipinski definition) is 4. The Hall–Kier alpha value is -1.94. The molecule has 0 unspecified atom stereocenters. The van der Waals surface area contributed by atoms with Gasteiger partial charge >= 0.3 is 0 Å². The summed E-state index contributed by atoms with van der Waals surface area (Å²) in [6.45, 7) is 9.30. The standard InChI is InChI=1S/C21H28N6S.HI/c1-4-22-21(24-13-20-26-19(15-28-20)16(2)3)23-12-17-7-5-8-18(11-17)14-27-10-6-9-25-27;/h5-11,15-16H,4,12-14H2,1-3H3,(H2,22,23,24);1H. The Morgan fingerprint density at radius 3 is 2.72 bits per heavy atom. The molecule has 0 saturated carbocycles. The molecular weight excluding hydrogens is 495 g/mol. The first-order valence-electron chi connectivity index (χ1n) is 9.65. The van der Waals surface area contributed by atoms with Gasteiger partial charge in [0, 0.05) is 24.3 Å². The molecule has 6 nitrogen and oxygen atoms in total. The minimum Gasteiger partial charge on any atom is -0.357 e. The summed E-state index contributed by atoms with van der Waals surface area (Å²) in [5, 5.41) is 14.2. The fourth-order valence-corrected chi connectivity index (χ4v) is 3.65. The van der Waals surface area contributed by atoms with E-state index in [-0.39, 0.29) is 24.0 Å². The molecule has 3 aromatic rings. The van der Waals surface area contributed by atoms with E-state index < -0.39 is 0 Å². The van der Waals surface area contributed by atoms with E-state index in [0.29, 0.717) is 19.0 Å². The molecule has 0 aliphatic heterocycles. The molecule has 29 heavy (non-hydrogen) atoms. The zero-order valence-corrected chi connectivity index (χ0v) is 20.3.